The Morgan fingerprint density at radius 3 is 3.16 bits per heavy atom. The Labute approximate surface area is 110 Å². The van der Waals surface area contributed by atoms with Crippen molar-refractivity contribution in [3.05, 3.63) is 35.8 Å². The number of nitrogens with zero attached hydrogens (tertiary/aromatic N) is 2. The van der Waals surface area contributed by atoms with Gasteiger partial charge in [0.15, 0.2) is 5.65 Å². The second-order valence-electron chi connectivity index (χ2n) is 4.88. The third kappa shape index (κ3) is 2.46. The molecule has 5 nitrogen and oxygen atoms in total. The first-order valence-corrected chi connectivity index (χ1v) is 6.55. The maximum Gasteiger partial charge on any atom is 0.339 e. The van der Waals surface area contributed by atoms with Crippen LogP contribution in [0.25, 0.3) is 5.65 Å². The summed E-state index contributed by atoms with van der Waals surface area (Å²) in [6, 6.07) is 3.30. The standard InChI is InChI=1S/C14H16N2O3/c17-14(18)12-5-3-6-16-9-10(15-13(12)16)8-11-4-1-2-7-19-11/h3,5-6,9,11H,1-2,4,7-8H2,(H,17,18). The third-order valence-corrected chi connectivity index (χ3v) is 3.47. The molecule has 1 N–H and O–H groups in total. The Morgan fingerprint density at radius 2 is 2.42 bits per heavy atom. The smallest absolute Gasteiger partial charge is 0.339 e. The molecule has 1 atom stereocenters. The number of carbonyl (C=O) groups is 1. The Kier molecular flexibility index (Phi) is 3.21. The van der Waals surface area contributed by atoms with Gasteiger partial charge in [-0.1, -0.05) is 0 Å². The summed E-state index contributed by atoms with van der Waals surface area (Å²) >= 11 is 0. The summed E-state index contributed by atoms with van der Waals surface area (Å²) in [5.74, 6) is -0.948. The fourth-order valence-electron chi connectivity index (χ4n) is 2.53. The molecule has 3 heterocycles. The Bertz CT molecular complexity index is 600. The van der Waals surface area contributed by atoms with Gasteiger partial charge in [0.1, 0.15) is 5.56 Å². The van der Waals surface area contributed by atoms with E-state index in [2.05, 4.69) is 4.98 Å². The van der Waals surface area contributed by atoms with E-state index in [0.29, 0.717) is 5.65 Å². The minimum Gasteiger partial charge on any atom is -0.478 e. The maximum atomic E-state index is 11.1. The van der Waals surface area contributed by atoms with Crippen molar-refractivity contribution < 1.29 is 14.6 Å². The summed E-state index contributed by atoms with van der Waals surface area (Å²) in [5.41, 5.74) is 1.62. The van der Waals surface area contributed by atoms with Gasteiger partial charge in [-0.05, 0) is 31.4 Å². The van der Waals surface area contributed by atoms with Gasteiger partial charge in [0.2, 0.25) is 0 Å². The van der Waals surface area contributed by atoms with Crippen molar-refractivity contribution >= 4 is 11.6 Å². The number of carboxylic acids is 1. The van der Waals surface area contributed by atoms with E-state index in [9.17, 15) is 4.79 Å². The van der Waals surface area contributed by atoms with Crippen LogP contribution < -0.4 is 0 Å². The number of pyridine rings is 1. The molecule has 1 saturated heterocycles. The highest BCUT2D eigenvalue weighted by Gasteiger charge is 2.17. The number of aromatic nitrogens is 2. The molecule has 0 radical (unpaired) electrons. The molecule has 5 heteroatoms. The summed E-state index contributed by atoms with van der Waals surface area (Å²) in [4.78, 5) is 15.6. The quantitative estimate of drug-likeness (QED) is 0.918. The zero-order chi connectivity index (χ0) is 13.2. The van der Waals surface area contributed by atoms with E-state index >= 15 is 0 Å². The zero-order valence-corrected chi connectivity index (χ0v) is 10.6. The summed E-state index contributed by atoms with van der Waals surface area (Å²) < 4.78 is 7.46. The molecule has 0 amide bonds. The molecule has 2 aromatic rings. The molecule has 1 fully saturated rings. The van der Waals surface area contributed by atoms with Gasteiger partial charge >= 0.3 is 5.97 Å². The van der Waals surface area contributed by atoms with Crippen LogP contribution in [0.1, 0.15) is 35.3 Å². The van der Waals surface area contributed by atoms with E-state index in [4.69, 9.17) is 9.84 Å². The molecule has 2 aromatic heterocycles. The lowest BCUT2D eigenvalue weighted by atomic mass is 10.1. The molecule has 1 unspecified atom stereocenters. The van der Waals surface area contributed by atoms with Crippen molar-refractivity contribution in [2.24, 2.45) is 0 Å². The van der Waals surface area contributed by atoms with E-state index in [-0.39, 0.29) is 11.7 Å². The van der Waals surface area contributed by atoms with Crippen LogP contribution >= 0.6 is 0 Å². The molecule has 0 bridgehead atoms. The van der Waals surface area contributed by atoms with E-state index in [1.807, 2.05) is 12.4 Å². The highest BCUT2D eigenvalue weighted by Crippen LogP contribution is 2.18. The largest absolute Gasteiger partial charge is 0.478 e. The molecular formula is C14H16N2O3. The summed E-state index contributed by atoms with van der Waals surface area (Å²) in [7, 11) is 0. The number of imidazole rings is 1. The monoisotopic (exact) mass is 260 g/mol. The topological polar surface area (TPSA) is 63.8 Å². The van der Waals surface area contributed by atoms with Crippen molar-refractivity contribution in [2.45, 2.75) is 31.8 Å². The maximum absolute atomic E-state index is 11.1. The second kappa shape index (κ2) is 5.01. The summed E-state index contributed by atoms with van der Waals surface area (Å²) in [6.45, 7) is 0.818. The number of ether oxygens (including phenoxy) is 1. The molecular weight excluding hydrogens is 244 g/mol. The number of aromatic carboxylic acids is 1. The van der Waals surface area contributed by atoms with Crippen molar-refractivity contribution in [3.63, 3.8) is 0 Å². The Morgan fingerprint density at radius 1 is 1.53 bits per heavy atom. The molecule has 100 valence electrons. The Hall–Kier alpha value is -1.88. The minimum atomic E-state index is -0.948. The number of rotatable bonds is 3. The van der Waals surface area contributed by atoms with Crippen LogP contribution in [-0.2, 0) is 11.2 Å². The third-order valence-electron chi connectivity index (χ3n) is 3.47. The van der Waals surface area contributed by atoms with E-state index in [0.717, 1.165) is 31.6 Å². The molecule has 0 aromatic carbocycles. The van der Waals surface area contributed by atoms with E-state index < -0.39 is 5.97 Å². The first-order chi connectivity index (χ1) is 9.24. The van der Waals surface area contributed by atoms with Crippen molar-refractivity contribution in [2.75, 3.05) is 6.61 Å². The molecule has 0 spiro atoms. The fraction of sp³-hybridized carbons (Fsp3) is 0.429. The van der Waals surface area contributed by atoms with Crippen LogP contribution in [0.4, 0.5) is 0 Å². The van der Waals surface area contributed by atoms with Gasteiger partial charge in [-0.15, -0.1) is 0 Å². The van der Waals surface area contributed by atoms with Crippen LogP contribution in [-0.4, -0.2) is 33.2 Å². The van der Waals surface area contributed by atoms with Crippen molar-refractivity contribution in [1.82, 2.24) is 9.38 Å². The lowest BCUT2D eigenvalue weighted by Gasteiger charge is -2.21. The van der Waals surface area contributed by atoms with Gasteiger partial charge < -0.3 is 14.2 Å². The average molecular weight is 260 g/mol. The molecule has 1 aliphatic rings. The van der Waals surface area contributed by atoms with Gasteiger partial charge in [-0.2, -0.15) is 0 Å². The predicted molar refractivity (Wildman–Crippen MR) is 69.4 cm³/mol. The first-order valence-electron chi connectivity index (χ1n) is 6.55. The number of hydrogen-bond donors (Lipinski definition) is 1. The first kappa shape index (κ1) is 12.2. The minimum absolute atomic E-state index is 0.215. The van der Waals surface area contributed by atoms with Gasteiger partial charge in [0.05, 0.1) is 11.8 Å². The van der Waals surface area contributed by atoms with Gasteiger partial charge in [0, 0.05) is 25.4 Å². The zero-order valence-electron chi connectivity index (χ0n) is 10.6. The van der Waals surface area contributed by atoms with Crippen LogP contribution in [0.15, 0.2) is 24.5 Å². The Balaban J connectivity index is 1.88. The number of fused-ring (bicyclic) bond motifs is 1. The fourth-order valence-corrected chi connectivity index (χ4v) is 2.53. The molecule has 3 rings (SSSR count). The SMILES string of the molecule is O=C(O)c1cccn2cc(CC3CCCCO3)nc12. The molecule has 19 heavy (non-hydrogen) atoms. The summed E-state index contributed by atoms with van der Waals surface area (Å²) in [5, 5.41) is 9.14. The molecule has 0 aliphatic carbocycles. The molecule has 0 saturated carbocycles. The van der Waals surface area contributed by atoms with Crippen LogP contribution in [0.5, 0.6) is 0 Å². The molecule has 1 aliphatic heterocycles. The highest BCUT2D eigenvalue weighted by molar-refractivity contribution is 5.94. The lowest BCUT2D eigenvalue weighted by molar-refractivity contribution is 0.0163. The van der Waals surface area contributed by atoms with Crippen LogP contribution in [0, 0.1) is 0 Å². The van der Waals surface area contributed by atoms with Gasteiger partial charge in [-0.3, -0.25) is 0 Å². The van der Waals surface area contributed by atoms with Gasteiger partial charge in [-0.25, -0.2) is 9.78 Å². The number of hydrogen-bond acceptors (Lipinski definition) is 3. The average Bonchev–Trinajstić information content (AvgIpc) is 2.81. The van der Waals surface area contributed by atoms with E-state index in [1.54, 1.807) is 16.5 Å². The second-order valence-corrected chi connectivity index (χ2v) is 4.88. The van der Waals surface area contributed by atoms with Crippen LogP contribution in [0.3, 0.4) is 0 Å². The van der Waals surface area contributed by atoms with E-state index in [1.165, 1.54) is 6.42 Å². The highest BCUT2D eigenvalue weighted by atomic mass is 16.5. The van der Waals surface area contributed by atoms with Crippen molar-refractivity contribution in [1.29, 1.82) is 0 Å². The summed E-state index contributed by atoms with van der Waals surface area (Å²) in [6.07, 6.45) is 8.05. The predicted octanol–water partition coefficient (Wildman–Crippen LogP) is 2.14. The lowest BCUT2D eigenvalue weighted by Crippen LogP contribution is -2.21. The van der Waals surface area contributed by atoms with Gasteiger partial charge in [0.25, 0.3) is 0 Å². The van der Waals surface area contributed by atoms with Crippen LogP contribution in [0.2, 0.25) is 0 Å². The van der Waals surface area contributed by atoms with Crippen molar-refractivity contribution in [3.8, 4) is 0 Å². The normalized spacial score (nSPS) is 19.7. The number of carboxylic acid groups (broad SMARTS) is 1.